The predicted molar refractivity (Wildman–Crippen MR) is 120 cm³/mol. The smallest absolute Gasteiger partial charge is 0.388 e. The molecule has 0 aliphatic rings. The summed E-state index contributed by atoms with van der Waals surface area (Å²) >= 11 is 0. The van der Waals surface area contributed by atoms with E-state index in [0.29, 0.717) is 0 Å². The molecule has 0 heterocycles. The van der Waals surface area contributed by atoms with E-state index < -0.39 is 111 Å². The van der Waals surface area contributed by atoms with Gasteiger partial charge >= 0.3 is 23.5 Å². The van der Waals surface area contributed by atoms with Gasteiger partial charge in [-0.3, -0.25) is 27.4 Å². The summed E-state index contributed by atoms with van der Waals surface area (Å²) in [5, 5.41) is 66.0. The lowest BCUT2D eigenvalue weighted by Crippen LogP contribution is -2.44. The van der Waals surface area contributed by atoms with Gasteiger partial charge in [0.15, 0.2) is 24.5 Å². The Morgan fingerprint density at radius 3 is 1.62 bits per heavy atom. The van der Waals surface area contributed by atoms with Crippen molar-refractivity contribution in [2.45, 2.75) is 48.8 Å². The van der Waals surface area contributed by atoms with Gasteiger partial charge in [0.2, 0.25) is 0 Å². The summed E-state index contributed by atoms with van der Waals surface area (Å²) in [6, 6.07) is 0. The van der Waals surface area contributed by atoms with Crippen LogP contribution in [-0.4, -0.2) is 149 Å². The normalized spacial score (nSPS) is 21.5. The maximum atomic E-state index is 12.3. The van der Waals surface area contributed by atoms with E-state index in [9.17, 15) is 63.4 Å². The molecule has 0 radical (unpaired) electrons. The van der Waals surface area contributed by atoms with E-state index in [-0.39, 0.29) is 6.29 Å². The molecule has 0 aromatic carbocycles. The number of phosphoric acid groups is 3. The highest BCUT2D eigenvalue weighted by Gasteiger charge is 2.43. The van der Waals surface area contributed by atoms with E-state index in [1.807, 2.05) is 0 Å². The lowest BCUT2D eigenvalue weighted by Gasteiger charge is -2.30. The molecule has 2 unspecified atom stereocenters. The molecule has 11 N–H and O–H groups in total. The van der Waals surface area contributed by atoms with Gasteiger partial charge in [-0.25, -0.2) is 13.7 Å². The third-order valence-electron chi connectivity index (χ3n) is 4.31. The fourth-order valence-corrected chi connectivity index (χ4v) is 4.49. The number of Topliss-reactive ketones (excluding diaryl/α,β-unsaturated/α-hetero) is 1. The average molecular weight is 654 g/mol. The van der Waals surface area contributed by atoms with Crippen molar-refractivity contribution in [1.29, 1.82) is 0 Å². The number of aliphatic hydroxyl groups excluding tert-OH is 7. The lowest BCUT2D eigenvalue weighted by molar-refractivity contribution is -0.137. The van der Waals surface area contributed by atoms with Crippen LogP contribution in [0.15, 0.2) is 0 Å². The highest BCUT2D eigenvalue weighted by Crippen LogP contribution is 2.49. The number of carbonyl (C=O) groups is 3. The average Bonchev–Trinajstić information content (AvgIpc) is 2.88. The Hall–Kier alpha value is -0.940. The molecule has 0 spiro atoms. The van der Waals surface area contributed by atoms with Gasteiger partial charge in [0.25, 0.3) is 0 Å². The van der Waals surface area contributed by atoms with Crippen LogP contribution in [0.4, 0.5) is 0 Å². The minimum Gasteiger partial charge on any atom is -0.388 e. The van der Waals surface area contributed by atoms with Crippen molar-refractivity contribution in [2.75, 3.05) is 26.4 Å². The molecule has 0 bridgehead atoms. The molecule has 0 rings (SSSR count). The van der Waals surface area contributed by atoms with Crippen LogP contribution in [0.2, 0.25) is 0 Å². The number of rotatable bonds is 22. The molecule has 0 amide bonds. The zero-order valence-corrected chi connectivity index (χ0v) is 22.5. The standard InChI is InChI=1S/C15H29O22P3/c16-1-7(19)13(24)9(21)4-34-39(29,30)36-12(3-18)15(11(23)6-33-38(26,27)28)37-40(31,32)35-5-10(22)14(25)8(20)2-17/h2-3,8-16,20-25H,1,4-6H2,(H,29,30)(H,31,32)(H2,26,27,28)/t8-,9+,10+,11+,12-,13-,14-,15+/m0/s1. The summed E-state index contributed by atoms with van der Waals surface area (Å²) in [5.74, 6) is -1.32. The fraction of sp³-hybridized carbons (Fsp3) is 0.800. The number of ketones is 1. The molecule has 22 nitrogen and oxygen atoms in total. The van der Waals surface area contributed by atoms with Crippen LogP contribution in [0.5, 0.6) is 0 Å². The van der Waals surface area contributed by atoms with Gasteiger partial charge in [-0.05, 0) is 0 Å². The Morgan fingerprint density at radius 2 is 1.18 bits per heavy atom. The number of aldehydes is 2. The number of hydrogen-bond acceptors (Lipinski definition) is 18. The van der Waals surface area contributed by atoms with Crippen molar-refractivity contribution < 1.29 is 106 Å². The monoisotopic (exact) mass is 654 g/mol. The molecule has 0 fully saturated rings. The van der Waals surface area contributed by atoms with Gasteiger partial charge in [0, 0.05) is 0 Å². The molecular weight excluding hydrogens is 625 g/mol. The van der Waals surface area contributed by atoms with E-state index in [1.54, 1.807) is 0 Å². The van der Waals surface area contributed by atoms with Gasteiger partial charge < -0.3 is 64.9 Å². The Labute approximate surface area is 223 Å². The largest absolute Gasteiger partial charge is 0.473 e. The summed E-state index contributed by atoms with van der Waals surface area (Å²) in [6.07, 6.45) is -19.7. The third kappa shape index (κ3) is 14.8. The van der Waals surface area contributed by atoms with Crippen LogP contribution < -0.4 is 0 Å². The molecular formula is C15H29O22P3. The second-order valence-corrected chi connectivity index (χ2v) is 11.5. The first-order chi connectivity index (χ1) is 18.2. The molecule has 10 atom stereocenters. The highest BCUT2D eigenvalue weighted by atomic mass is 31.2. The summed E-state index contributed by atoms with van der Waals surface area (Å²) in [6.45, 7) is -5.43. The minimum atomic E-state index is -5.63. The van der Waals surface area contributed by atoms with Crippen LogP contribution in [-0.2, 0) is 50.7 Å². The summed E-state index contributed by atoms with van der Waals surface area (Å²) in [5.41, 5.74) is 0. The van der Waals surface area contributed by atoms with Crippen LogP contribution in [0.1, 0.15) is 0 Å². The van der Waals surface area contributed by atoms with Crippen LogP contribution in [0.3, 0.4) is 0 Å². The Morgan fingerprint density at radius 1 is 0.700 bits per heavy atom. The van der Waals surface area contributed by atoms with Gasteiger partial charge in [0.05, 0.1) is 19.8 Å². The van der Waals surface area contributed by atoms with Crippen molar-refractivity contribution >= 4 is 41.8 Å². The topological polar surface area (TPSA) is 371 Å². The molecule has 25 heteroatoms. The molecule has 40 heavy (non-hydrogen) atoms. The Kier molecular flexibility index (Phi) is 16.8. The fourth-order valence-electron chi connectivity index (χ4n) is 2.30. The predicted octanol–water partition coefficient (Wildman–Crippen LogP) is -5.78. The summed E-state index contributed by atoms with van der Waals surface area (Å²) in [7, 11) is -16.5. The van der Waals surface area contributed by atoms with Gasteiger partial charge in [-0.2, -0.15) is 0 Å². The zero-order chi connectivity index (χ0) is 31.5. The number of hydrogen-bond donors (Lipinski definition) is 11. The van der Waals surface area contributed by atoms with E-state index in [2.05, 4.69) is 22.6 Å². The maximum absolute atomic E-state index is 12.3. The van der Waals surface area contributed by atoms with Crippen molar-refractivity contribution in [3.8, 4) is 0 Å². The van der Waals surface area contributed by atoms with Gasteiger partial charge in [-0.1, -0.05) is 0 Å². The highest BCUT2D eigenvalue weighted by molar-refractivity contribution is 7.47. The molecule has 0 aliphatic carbocycles. The van der Waals surface area contributed by atoms with E-state index >= 15 is 0 Å². The van der Waals surface area contributed by atoms with Crippen molar-refractivity contribution in [1.82, 2.24) is 0 Å². The first-order valence-electron chi connectivity index (χ1n) is 10.3. The van der Waals surface area contributed by atoms with Crippen molar-refractivity contribution in [3.63, 3.8) is 0 Å². The Bertz CT molecular complexity index is 954. The summed E-state index contributed by atoms with van der Waals surface area (Å²) < 4.78 is 56.8. The molecule has 0 saturated heterocycles. The van der Waals surface area contributed by atoms with Gasteiger partial charge in [0.1, 0.15) is 49.3 Å². The van der Waals surface area contributed by atoms with Crippen LogP contribution >= 0.6 is 23.5 Å². The Balaban J connectivity index is 5.77. The SMILES string of the molecule is O=C[C@H](OP(=O)(O)OC[C@@H](O)[C@@H](O)C(=O)CO)[C@H](OP(=O)(O)OC[C@@H](O)[C@@H](O)[C@@H](O)C=O)[C@H](O)COP(=O)(O)O. The molecule has 0 aliphatic heterocycles. The van der Waals surface area contributed by atoms with Crippen molar-refractivity contribution in [3.05, 3.63) is 0 Å². The van der Waals surface area contributed by atoms with Gasteiger partial charge in [-0.15, -0.1) is 0 Å². The summed E-state index contributed by atoms with van der Waals surface area (Å²) in [4.78, 5) is 70.4. The van der Waals surface area contributed by atoms with Crippen LogP contribution in [0, 0.1) is 0 Å². The number of carbonyl (C=O) groups excluding carboxylic acids is 3. The second kappa shape index (κ2) is 17.2. The number of phosphoric ester groups is 3. The molecule has 0 aromatic heterocycles. The maximum Gasteiger partial charge on any atom is 0.473 e. The molecule has 236 valence electrons. The van der Waals surface area contributed by atoms with E-state index in [1.165, 1.54) is 0 Å². The zero-order valence-electron chi connectivity index (χ0n) is 19.9. The second-order valence-electron chi connectivity index (χ2n) is 7.48. The quantitative estimate of drug-likeness (QED) is 0.0382. The lowest BCUT2D eigenvalue weighted by atomic mass is 10.1. The van der Waals surface area contributed by atoms with Crippen molar-refractivity contribution in [2.24, 2.45) is 0 Å². The first-order valence-corrected chi connectivity index (χ1v) is 14.9. The molecule has 0 saturated carbocycles. The molecule has 0 aromatic rings. The first kappa shape index (κ1) is 39.1. The number of aliphatic hydroxyl groups is 7. The van der Waals surface area contributed by atoms with E-state index in [4.69, 9.17) is 20.0 Å². The minimum absolute atomic E-state index is 0.207. The van der Waals surface area contributed by atoms with Crippen LogP contribution in [0.25, 0.3) is 0 Å². The van der Waals surface area contributed by atoms with E-state index in [0.717, 1.165) is 0 Å². The third-order valence-corrected chi connectivity index (χ3v) is 6.77.